The highest BCUT2D eigenvalue weighted by atomic mass is 15.2. The maximum Gasteiger partial charge on any atom is 0.0629 e. The second kappa shape index (κ2) is 12.6. The zero-order valence-corrected chi connectivity index (χ0v) is 31.2. The van der Waals surface area contributed by atoms with Crippen molar-refractivity contribution in [3.8, 4) is 39.1 Å². The summed E-state index contributed by atoms with van der Waals surface area (Å²) in [6.45, 7) is 8.75. The van der Waals surface area contributed by atoms with E-state index >= 15 is 0 Å². The molecule has 0 fully saturated rings. The molecule has 0 N–H and O–H groups in total. The summed E-state index contributed by atoms with van der Waals surface area (Å²) >= 11 is 0. The predicted molar refractivity (Wildman–Crippen MR) is 229 cm³/mol. The molecule has 0 radical (unpaired) electrons. The molecule has 1 aliphatic heterocycles. The molecule has 2 heteroatoms. The molecule has 2 nitrogen and oxygen atoms in total. The number of aromatic nitrogens is 1. The van der Waals surface area contributed by atoms with Gasteiger partial charge in [-0.05, 0) is 139 Å². The van der Waals surface area contributed by atoms with Crippen molar-refractivity contribution in [2.75, 3.05) is 4.90 Å². The van der Waals surface area contributed by atoms with Crippen molar-refractivity contribution in [3.05, 3.63) is 198 Å². The molecule has 2 heterocycles. The maximum absolute atomic E-state index is 2.52. The van der Waals surface area contributed by atoms with Gasteiger partial charge in [0.15, 0.2) is 0 Å². The van der Waals surface area contributed by atoms with Crippen LogP contribution in [-0.4, -0.2) is 10.6 Å². The molecule has 8 aromatic rings. The Morgan fingerprint density at radius 2 is 0.963 bits per heavy atom. The molecule has 0 amide bonds. The quantitative estimate of drug-likeness (QED) is 0.174. The molecule has 54 heavy (non-hydrogen) atoms. The Morgan fingerprint density at radius 3 is 1.56 bits per heavy atom. The Kier molecular flexibility index (Phi) is 7.56. The van der Waals surface area contributed by atoms with Gasteiger partial charge < -0.3 is 9.47 Å². The van der Waals surface area contributed by atoms with Crippen LogP contribution in [0.4, 0.5) is 11.4 Å². The van der Waals surface area contributed by atoms with Gasteiger partial charge in [-0.1, -0.05) is 119 Å². The first-order chi connectivity index (χ1) is 26.4. The number of rotatable bonds is 5. The molecular weight excluding hydrogens is 653 g/mol. The first-order valence-electron chi connectivity index (χ1n) is 19.1. The van der Waals surface area contributed by atoms with Crippen LogP contribution in [0.5, 0.6) is 0 Å². The van der Waals surface area contributed by atoms with E-state index in [2.05, 4.69) is 207 Å². The Hall–Kier alpha value is -6.38. The Balaban J connectivity index is 1.04. The average molecular weight is 695 g/mol. The summed E-state index contributed by atoms with van der Waals surface area (Å²) in [5.41, 5.74) is 20.0. The lowest BCUT2D eigenvalue weighted by Gasteiger charge is -2.29. The molecular formula is C52H42N2. The number of fused-ring (bicyclic) bond motifs is 6. The van der Waals surface area contributed by atoms with Gasteiger partial charge in [-0.2, -0.15) is 0 Å². The number of anilines is 2. The normalized spacial score (nSPS) is 16.1. The molecule has 0 saturated carbocycles. The summed E-state index contributed by atoms with van der Waals surface area (Å²) in [6.07, 6.45) is 7.09. The van der Waals surface area contributed by atoms with Crippen LogP contribution in [0.1, 0.15) is 35.1 Å². The number of hydrogen-bond acceptors (Lipinski definition) is 1. The number of hydrogen-bond donors (Lipinski definition) is 0. The topological polar surface area (TPSA) is 8.17 Å². The van der Waals surface area contributed by atoms with E-state index < -0.39 is 0 Å². The van der Waals surface area contributed by atoms with E-state index in [9.17, 15) is 0 Å². The molecule has 2 atom stereocenters. The molecule has 0 spiro atoms. The summed E-state index contributed by atoms with van der Waals surface area (Å²) < 4.78 is 2.41. The molecule has 0 bridgehead atoms. The zero-order chi connectivity index (χ0) is 36.5. The molecule has 1 aromatic heterocycles. The van der Waals surface area contributed by atoms with Gasteiger partial charge >= 0.3 is 0 Å². The van der Waals surface area contributed by atoms with Crippen molar-refractivity contribution in [1.29, 1.82) is 0 Å². The van der Waals surface area contributed by atoms with Crippen LogP contribution in [-0.2, 0) is 0 Å². The van der Waals surface area contributed by atoms with Crippen LogP contribution in [0.3, 0.4) is 0 Å². The summed E-state index contributed by atoms with van der Waals surface area (Å²) in [6, 6.07) is 56.9. The number of allylic oxidation sites excluding steroid dienone is 2. The van der Waals surface area contributed by atoms with Crippen LogP contribution in [0.25, 0.3) is 60.9 Å². The van der Waals surface area contributed by atoms with Crippen molar-refractivity contribution in [3.63, 3.8) is 0 Å². The van der Waals surface area contributed by atoms with E-state index in [1.807, 2.05) is 0 Å². The monoisotopic (exact) mass is 694 g/mol. The van der Waals surface area contributed by atoms with E-state index in [4.69, 9.17) is 0 Å². The van der Waals surface area contributed by atoms with E-state index in [1.54, 1.807) is 0 Å². The summed E-state index contributed by atoms with van der Waals surface area (Å²) in [4.78, 5) is 2.52. The zero-order valence-electron chi connectivity index (χ0n) is 31.2. The van der Waals surface area contributed by atoms with Gasteiger partial charge in [-0.3, -0.25) is 0 Å². The SMILES string of the molecule is CC1=CC2c3cc(C)ccc3N(c3ccc(-c4cc(-c5ccccc5)cc(-c5ccc(-n6c7ccc(C)cc7c7cc(C)ccc76)cc5)c4)cc3)C2C=C1. The molecule has 2 unspecified atom stereocenters. The third kappa shape index (κ3) is 5.41. The highest BCUT2D eigenvalue weighted by Crippen LogP contribution is 2.49. The standard InChI is InChI=1S/C52H42N2/c1-33-10-22-49-45(26-33)46-27-34(2)11-23-50(46)53(49)43-18-14-38(15-19-43)41-30-40(37-8-6-5-7-9-37)31-42(32-41)39-16-20-44(21-17-39)54-51-24-12-35(3)28-47(51)48-29-36(4)13-25-52(48)54/h5-32,45,49H,1-4H3. The van der Waals surface area contributed by atoms with Gasteiger partial charge in [-0.25, -0.2) is 0 Å². The maximum atomic E-state index is 2.52. The highest BCUT2D eigenvalue weighted by Gasteiger charge is 2.37. The molecule has 1 aliphatic carbocycles. The predicted octanol–water partition coefficient (Wildman–Crippen LogP) is 13.8. The highest BCUT2D eigenvalue weighted by molar-refractivity contribution is 6.09. The van der Waals surface area contributed by atoms with Crippen LogP contribution in [0.15, 0.2) is 175 Å². The lowest BCUT2D eigenvalue weighted by atomic mass is 9.88. The van der Waals surface area contributed by atoms with E-state index in [-0.39, 0.29) is 6.04 Å². The van der Waals surface area contributed by atoms with Crippen LogP contribution >= 0.6 is 0 Å². The molecule has 2 aliphatic rings. The van der Waals surface area contributed by atoms with Crippen LogP contribution in [0.2, 0.25) is 0 Å². The van der Waals surface area contributed by atoms with Crippen LogP contribution < -0.4 is 4.90 Å². The third-order valence-electron chi connectivity index (χ3n) is 11.5. The van der Waals surface area contributed by atoms with E-state index in [1.165, 1.54) is 100 Å². The van der Waals surface area contributed by atoms with Gasteiger partial charge in [0.2, 0.25) is 0 Å². The van der Waals surface area contributed by atoms with Gasteiger partial charge in [0.1, 0.15) is 0 Å². The second-order valence-corrected chi connectivity index (χ2v) is 15.4. The lowest BCUT2D eigenvalue weighted by Crippen LogP contribution is -2.28. The first kappa shape index (κ1) is 32.3. The Morgan fingerprint density at radius 1 is 0.444 bits per heavy atom. The molecule has 7 aromatic carbocycles. The fraction of sp³-hybridized carbons (Fsp3) is 0.115. The van der Waals surface area contributed by atoms with Gasteiger partial charge in [0.05, 0.1) is 17.1 Å². The smallest absolute Gasteiger partial charge is 0.0629 e. The van der Waals surface area contributed by atoms with Crippen molar-refractivity contribution >= 4 is 33.2 Å². The minimum Gasteiger partial charge on any atom is -0.333 e. The summed E-state index contributed by atoms with van der Waals surface area (Å²) in [5, 5.41) is 2.60. The number of nitrogens with zero attached hydrogens (tertiary/aromatic N) is 2. The van der Waals surface area contributed by atoms with Gasteiger partial charge in [0.25, 0.3) is 0 Å². The Labute approximate surface area is 318 Å². The lowest BCUT2D eigenvalue weighted by molar-refractivity contribution is 0.738. The minimum atomic E-state index is 0.281. The van der Waals surface area contributed by atoms with Crippen molar-refractivity contribution < 1.29 is 0 Å². The molecule has 0 saturated heterocycles. The largest absolute Gasteiger partial charge is 0.333 e. The third-order valence-corrected chi connectivity index (χ3v) is 11.5. The van der Waals surface area contributed by atoms with Crippen molar-refractivity contribution in [2.45, 2.75) is 39.7 Å². The van der Waals surface area contributed by atoms with Crippen LogP contribution in [0, 0.1) is 20.8 Å². The van der Waals surface area contributed by atoms with Crippen molar-refractivity contribution in [2.24, 2.45) is 0 Å². The van der Waals surface area contributed by atoms with E-state index in [0.717, 1.165) is 0 Å². The summed E-state index contributed by atoms with van der Waals surface area (Å²) in [7, 11) is 0. The fourth-order valence-electron chi connectivity index (χ4n) is 8.86. The first-order valence-corrected chi connectivity index (χ1v) is 19.1. The van der Waals surface area contributed by atoms with Gasteiger partial charge in [-0.15, -0.1) is 0 Å². The minimum absolute atomic E-state index is 0.281. The average Bonchev–Trinajstić information content (AvgIpc) is 3.69. The second-order valence-electron chi connectivity index (χ2n) is 15.4. The Bertz CT molecular complexity index is 2740. The number of aryl methyl sites for hydroxylation is 3. The van der Waals surface area contributed by atoms with Crippen molar-refractivity contribution in [1.82, 2.24) is 4.57 Å². The molecule has 260 valence electrons. The number of benzene rings is 7. The van der Waals surface area contributed by atoms with E-state index in [0.29, 0.717) is 5.92 Å². The summed E-state index contributed by atoms with van der Waals surface area (Å²) in [5.74, 6) is 0.365. The fourth-order valence-corrected chi connectivity index (χ4v) is 8.86. The van der Waals surface area contributed by atoms with Gasteiger partial charge in [0, 0.05) is 33.8 Å². The molecule has 10 rings (SSSR count).